The molecule has 3 atom stereocenters. The minimum Gasteiger partial charge on any atom is -0.505 e. The third-order valence-electron chi connectivity index (χ3n) is 5.64. The predicted molar refractivity (Wildman–Crippen MR) is 119 cm³/mol. The van der Waals surface area contributed by atoms with Crippen molar-refractivity contribution in [2.24, 2.45) is 0 Å². The number of para-hydroxylation sites is 1. The molecule has 1 aromatic heterocycles. The molecule has 4 N–H and O–H groups in total. The number of aliphatic hydroxyl groups excluding tert-OH is 1. The molecule has 0 radical (unpaired) electrons. The summed E-state index contributed by atoms with van der Waals surface area (Å²) >= 11 is 1.05. The van der Waals surface area contributed by atoms with Gasteiger partial charge in [0, 0.05) is 19.5 Å². The summed E-state index contributed by atoms with van der Waals surface area (Å²) in [5, 5.41) is 26.9. The Morgan fingerprint density at radius 1 is 1.39 bits per heavy atom. The van der Waals surface area contributed by atoms with Crippen LogP contribution in [0.1, 0.15) is 43.5 Å². The number of rotatable bonds is 7. The van der Waals surface area contributed by atoms with Crippen LogP contribution in [0.5, 0.6) is 5.75 Å². The quantitative estimate of drug-likeness (QED) is 0.480. The van der Waals surface area contributed by atoms with Crippen LogP contribution < -0.4 is 10.6 Å². The molecular formula is C21H27N5O4S. The molecule has 0 spiro atoms. The number of nitrogens with zero attached hydrogens (tertiary/aromatic N) is 3. The number of aromatic nitrogens is 2. The Labute approximate surface area is 185 Å². The second-order valence-electron chi connectivity index (χ2n) is 7.85. The number of benzene rings is 1. The van der Waals surface area contributed by atoms with E-state index in [1.165, 1.54) is 0 Å². The fourth-order valence-electron chi connectivity index (χ4n) is 3.90. The molecule has 2 aromatic rings. The molecule has 1 amide bonds. The molecule has 2 aliphatic rings. The van der Waals surface area contributed by atoms with E-state index in [2.05, 4.69) is 32.4 Å². The largest absolute Gasteiger partial charge is 0.505 e. The van der Waals surface area contributed by atoms with Crippen LogP contribution in [-0.4, -0.2) is 61.1 Å². The van der Waals surface area contributed by atoms with E-state index in [1.807, 2.05) is 6.92 Å². The molecule has 2 aliphatic heterocycles. The molecule has 1 saturated heterocycles. The predicted octanol–water partition coefficient (Wildman–Crippen LogP) is 3.08. The molecule has 1 unspecified atom stereocenters. The van der Waals surface area contributed by atoms with E-state index in [-0.39, 0.29) is 35.9 Å². The topological polar surface area (TPSA) is 120 Å². The van der Waals surface area contributed by atoms with Crippen molar-refractivity contribution < 1.29 is 19.7 Å². The summed E-state index contributed by atoms with van der Waals surface area (Å²) in [5.74, 6) is 1.52. The first-order chi connectivity index (χ1) is 15.0. The summed E-state index contributed by atoms with van der Waals surface area (Å²) in [7, 11) is 0. The van der Waals surface area contributed by atoms with Gasteiger partial charge in [-0.05, 0) is 38.0 Å². The SMILES string of the molecule is CC[C@@H](Nc1nsnc1Nc1cccc(C(=O)N2CC[C@@H](O)C2)c1O)C1CC=C(C)O1. The van der Waals surface area contributed by atoms with Crippen LogP contribution in [0.25, 0.3) is 0 Å². The van der Waals surface area contributed by atoms with Gasteiger partial charge in [-0.25, -0.2) is 0 Å². The van der Waals surface area contributed by atoms with Crippen molar-refractivity contribution in [3.63, 3.8) is 0 Å². The number of aliphatic hydroxyl groups is 1. The van der Waals surface area contributed by atoms with Crippen molar-refractivity contribution in [2.75, 3.05) is 23.7 Å². The normalized spacial score (nSPS) is 21.5. The molecule has 0 saturated carbocycles. The molecule has 3 heterocycles. The number of hydrogen-bond acceptors (Lipinski definition) is 9. The van der Waals surface area contributed by atoms with E-state index in [0.717, 1.165) is 30.3 Å². The highest BCUT2D eigenvalue weighted by molar-refractivity contribution is 6.99. The third-order valence-corrected chi connectivity index (χ3v) is 6.17. The number of likely N-dealkylation sites (tertiary alicyclic amines) is 1. The summed E-state index contributed by atoms with van der Waals surface area (Å²) in [6, 6.07) is 5.01. The third kappa shape index (κ3) is 4.59. The van der Waals surface area contributed by atoms with E-state index >= 15 is 0 Å². The van der Waals surface area contributed by atoms with Crippen LogP contribution in [0, 0.1) is 0 Å². The lowest BCUT2D eigenvalue weighted by Gasteiger charge is -2.24. The van der Waals surface area contributed by atoms with Gasteiger partial charge < -0.3 is 30.5 Å². The molecule has 31 heavy (non-hydrogen) atoms. The number of β-amino-alcohol motifs (C(OH)–C–C–N with tert-alkyl or cyclic N) is 1. The Kier molecular flexibility index (Phi) is 6.28. The maximum absolute atomic E-state index is 12.8. The highest BCUT2D eigenvalue weighted by Crippen LogP contribution is 2.34. The fraction of sp³-hybridized carbons (Fsp3) is 0.476. The lowest BCUT2D eigenvalue weighted by Crippen LogP contribution is -2.33. The van der Waals surface area contributed by atoms with Gasteiger partial charge in [0.25, 0.3) is 5.91 Å². The zero-order valence-electron chi connectivity index (χ0n) is 17.5. The van der Waals surface area contributed by atoms with Crippen molar-refractivity contribution >= 4 is 35.0 Å². The summed E-state index contributed by atoms with van der Waals surface area (Å²) in [6.07, 6.45) is 3.82. The smallest absolute Gasteiger partial charge is 0.257 e. The standard InChI is InChI=1S/C21H27N5O4S/c1-3-15(17-8-7-12(2)30-17)22-19-20(25-31-24-19)23-16-6-4-5-14(18(16)28)21(29)26-10-9-13(27)11-26/h4-7,13,15,17,27-28H,3,8-11H2,1-2H3,(H,22,24)(H,23,25)/t13-,15-,17?/m1/s1. The minimum absolute atomic E-state index is 0.0321. The second-order valence-corrected chi connectivity index (χ2v) is 8.38. The van der Waals surface area contributed by atoms with Gasteiger partial charge >= 0.3 is 0 Å². The molecule has 166 valence electrons. The number of phenolic OH excluding ortho intramolecular Hbond substituents is 1. The van der Waals surface area contributed by atoms with Crippen molar-refractivity contribution in [3.05, 3.63) is 35.6 Å². The summed E-state index contributed by atoms with van der Waals surface area (Å²) in [6.45, 7) is 4.77. The number of allylic oxidation sites excluding steroid dienone is 1. The first-order valence-corrected chi connectivity index (χ1v) is 11.2. The van der Waals surface area contributed by atoms with Crippen LogP contribution in [-0.2, 0) is 4.74 Å². The van der Waals surface area contributed by atoms with Crippen molar-refractivity contribution in [3.8, 4) is 5.75 Å². The van der Waals surface area contributed by atoms with E-state index in [0.29, 0.717) is 30.3 Å². The van der Waals surface area contributed by atoms with Crippen LogP contribution in [0.15, 0.2) is 30.0 Å². The van der Waals surface area contributed by atoms with Gasteiger partial charge in [-0.1, -0.05) is 13.0 Å². The lowest BCUT2D eigenvalue weighted by molar-refractivity contribution is 0.0762. The molecule has 0 aliphatic carbocycles. The Morgan fingerprint density at radius 2 is 2.19 bits per heavy atom. The first-order valence-electron chi connectivity index (χ1n) is 10.4. The van der Waals surface area contributed by atoms with Crippen molar-refractivity contribution in [1.29, 1.82) is 0 Å². The monoisotopic (exact) mass is 445 g/mol. The number of hydrogen-bond donors (Lipinski definition) is 4. The Balaban J connectivity index is 1.49. The number of phenols is 1. The van der Waals surface area contributed by atoms with Crippen LogP contribution >= 0.6 is 11.7 Å². The van der Waals surface area contributed by atoms with Gasteiger partial charge in [0.05, 0.1) is 40.9 Å². The zero-order valence-corrected chi connectivity index (χ0v) is 18.4. The van der Waals surface area contributed by atoms with E-state index in [4.69, 9.17) is 4.74 Å². The highest BCUT2D eigenvalue weighted by atomic mass is 32.1. The molecule has 1 fully saturated rings. The zero-order chi connectivity index (χ0) is 22.0. The molecule has 1 aromatic carbocycles. The number of nitrogens with one attached hydrogen (secondary N) is 2. The van der Waals surface area contributed by atoms with Crippen LogP contribution in [0.4, 0.5) is 17.3 Å². The number of anilines is 3. The van der Waals surface area contributed by atoms with Gasteiger partial charge in [0.2, 0.25) is 0 Å². The number of carbonyl (C=O) groups is 1. The molecular weight excluding hydrogens is 418 g/mol. The van der Waals surface area contributed by atoms with Gasteiger partial charge in [-0.3, -0.25) is 4.79 Å². The Hall–Kier alpha value is -2.85. The number of ether oxygens (including phenoxy) is 1. The fourth-order valence-corrected chi connectivity index (χ4v) is 4.38. The average molecular weight is 446 g/mol. The second kappa shape index (κ2) is 9.11. The number of amides is 1. The molecule has 4 rings (SSSR count). The van der Waals surface area contributed by atoms with Crippen LogP contribution in [0.3, 0.4) is 0 Å². The first kappa shape index (κ1) is 21.4. The van der Waals surface area contributed by atoms with Crippen molar-refractivity contribution in [2.45, 2.75) is 51.4 Å². The molecule has 9 nitrogen and oxygen atoms in total. The maximum Gasteiger partial charge on any atom is 0.257 e. The number of aromatic hydroxyl groups is 1. The minimum atomic E-state index is -0.517. The van der Waals surface area contributed by atoms with Gasteiger partial charge in [-0.2, -0.15) is 8.75 Å². The van der Waals surface area contributed by atoms with Gasteiger partial charge in [-0.15, -0.1) is 0 Å². The molecule has 0 bridgehead atoms. The lowest BCUT2D eigenvalue weighted by atomic mass is 10.1. The molecule has 10 heteroatoms. The van der Waals surface area contributed by atoms with Crippen molar-refractivity contribution in [1.82, 2.24) is 13.6 Å². The van der Waals surface area contributed by atoms with E-state index in [1.54, 1.807) is 23.1 Å². The summed E-state index contributed by atoms with van der Waals surface area (Å²) in [5.41, 5.74) is 0.549. The van der Waals surface area contributed by atoms with E-state index in [9.17, 15) is 15.0 Å². The summed E-state index contributed by atoms with van der Waals surface area (Å²) < 4.78 is 14.5. The highest BCUT2D eigenvalue weighted by Gasteiger charge is 2.29. The van der Waals surface area contributed by atoms with Gasteiger partial charge in [0.15, 0.2) is 17.4 Å². The Morgan fingerprint density at radius 3 is 2.87 bits per heavy atom. The van der Waals surface area contributed by atoms with Crippen LogP contribution in [0.2, 0.25) is 0 Å². The summed E-state index contributed by atoms with van der Waals surface area (Å²) in [4.78, 5) is 14.3. The average Bonchev–Trinajstić information content (AvgIpc) is 3.49. The van der Waals surface area contributed by atoms with Gasteiger partial charge in [0.1, 0.15) is 6.10 Å². The van der Waals surface area contributed by atoms with E-state index < -0.39 is 6.10 Å². The Bertz CT molecular complexity index is 978. The maximum atomic E-state index is 12.8. The number of carbonyl (C=O) groups excluding carboxylic acids is 1.